The van der Waals surface area contributed by atoms with Gasteiger partial charge in [-0.25, -0.2) is 14.1 Å². The van der Waals surface area contributed by atoms with Crippen molar-refractivity contribution in [1.29, 1.82) is 0 Å². The van der Waals surface area contributed by atoms with Gasteiger partial charge in [0.1, 0.15) is 29.1 Å². The smallest absolute Gasteiger partial charge is 0.264 e. The predicted molar refractivity (Wildman–Crippen MR) is 108 cm³/mol. The van der Waals surface area contributed by atoms with E-state index in [1.165, 1.54) is 29.2 Å². The molecule has 0 aliphatic carbocycles. The van der Waals surface area contributed by atoms with Crippen molar-refractivity contribution in [3.05, 3.63) is 81.7 Å². The number of halogens is 1. The molecule has 0 atom stereocenters. The third-order valence-electron chi connectivity index (χ3n) is 4.76. The molecule has 0 spiro atoms. The van der Waals surface area contributed by atoms with Crippen LogP contribution in [0.5, 0.6) is 0 Å². The van der Waals surface area contributed by atoms with Gasteiger partial charge in [0.05, 0.1) is 24.8 Å². The molecule has 1 N–H and O–H groups in total. The quantitative estimate of drug-likeness (QED) is 0.528. The van der Waals surface area contributed by atoms with Gasteiger partial charge in [-0.15, -0.1) is 0 Å². The van der Waals surface area contributed by atoms with E-state index in [0.717, 1.165) is 0 Å². The number of aromatic nitrogens is 4. The summed E-state index contributed by atoms with van der Waals surface area (Å²) < 4.78 is 21.7. The van der Waals surface area contributed by atoms with E-state index in [9.17, 15) is 14.0 Å². The lowest BCUT2D eigenvalue weighted by Crippen LogP contribution is -2.28. The Labute approximate surface area is 171 Å². The minimum atomic E-state index is -0.356. The van der Waals surface area contributed by atoms with E-state index in [0.29, 0.717) is 46.8 Å². The minimum Gasteiger partial charge on any atom is -0.466 e. The van der Waals surface area contributed by atoms with Crippen LogP contribution in [0.15, 0.2) is 52.1 Å². The summed E-state index contributed by atoms with van der Waals surface area (Å²) >= 11 is 0. The molecule has 30 heavy (non-hydrogen) atoms. The third-order valence-corrected chi connectivity index (χ3v) is 4.76. The zero-order valence-corrected chi connectivity index (χ0v) is 16.6. The van der Waals surface area contributed by atoms with Crippen LogP contribution >= 0.6 is 0 Å². The highest BCUT2D eigenvalue weighted by atomic mass is 19.1. The average Bonchev–Trinajstić information content (AvgIpc) is 3.27. The fourth-order valence-electron chi connectivity index (χ4n) is 3.33. The first kappa shape index (κ1) is 19.6. The van der Waals surface area contributed by atoms with Crippen LogP contribution < -0.4 is 10.9 Å². The van der Waals surface area contributed by atoms with Gasteiger partial charge in [-0.05, 0) is 37.6 Å². The van der Waals surface area contributed by atoms with Crippen molar-refractivity contribution in [1.82, 2.24) is 24.6 Å². The number of amides is 1. The maximum atomic E-state index is 13.4. The van der Waals surface area contributed by atoms with Crippen molar-refractivity contribution >= 4 is 16.9 Å². The van der Waals surface area contributed by atoms with Gasteiger partial charge in [-0.1, -0.05) is 12.1 Å². The summed E-state index contributed by atoms with van der Waals surface area (Å²) in [6.07, 6.45) is 2.88. The van der Waals surface area contributed by atoms with E-state index in [1.54, 1.807) is 36.7 Å². The van der Waals surface area contributed by atoms with Gasteiger partial charge in [0.25, 0.3) is 11.5 Å². The van der Waals surface area contributed by atoms with E-state index in [2.05, 4.69) is 15.4 Å². The second-order valence-corrected chi connectivity index (χ2v) is 7.00. The fourth-order valence-corrected chi connectivity index (χ4v) is 3.33. The maximum absolute atomic E-state index is 13.4. The lowest BCUT2D eigenvalue weighted by molar-refractivity contribution is 0.0950. The van der Waals surface area contributed by atoms with Crippen molar-refractivity contribution in [2.45, 2.75) is 26.9 Å². The highest BCUT2D eigenvalue weighted by Gasteiger charge is 2.14. The number of fused-ring (bicyclic) bond motifs is 1. The highest BCUT2D eigenvalue weighted by molar-refractivity contribution is 5.95. The molecule has 0 saturated heterocycles. The Bertz CT molecular complexity index is 1290. The van der Waals surface area contributed by atoms with Gasteiger partial charge in [0, 0.05) is 6.54 Å². The van der Waals surface area contributed by atoms with Gasteiger partial charge in [0.15, 0.2) is 5.65 Å². The summed E-state index contributed by atoms with van der Waals surface area (Å²) in [5.41, 5.74) is 1.33. The molecule has 0 aliphatic heterocycles. The number of carbonyl (C=O) groups is 1. The molecule has 4 aromatic rings. The molecule has 0 radical (unpaired) electrons. The Hall–Kier alpha value is -3.75. The van der Waals surface area contributed by atoms with Gasteiger partial charge >= 0.3 is 0 Å². The zero-order valence-electron chi connectivity index (χ0n) is 16.6. The SMILES string of the molecule is Cc1cc(C(=O)NCCn2ncc3c(=O)n(Cc4cccc(F)c4)cnc32)c(C)o1. The maximum Gasteiger partial charge on any atom is 0.264 e. The van der Waals surface area contributed by atoms with E-state index in [-0.39, 0.29) is 23.8 Å². The van der Waals surface area contributed by atoms with Crippen molar-refractivity contribution in [2.24, 2.45) is 0 Å². The van der Waals surface area contributed by atoms with Crippen LogP contribution in [-0.4, -0.2) is 31.8 Å². The molecule has 9 heteroatoms. The molecule has 0 saturated carbocycles. The van der Waals surface area contributed by atoms with E-state index in [1.807, 2.05) is 0 Å². The van der Waals surface area contributed by atoms with E-state index in [4.69, 9.17) is 4.42 Å². The van der Waals surface area contributed by atoms with Gasteiger partial charge < -0.3 is 9.73 Å². The number of benzene rings is 1. The first-order valence-corrected chi connectivity index (χ1v) is 9.43. The summed E-state index contributed by atoms with van der Waals surface area (Å²) in [5, 5.41) is 7.40. The second kappa shape index (κ2) is 7.94. The molecule has 154 valence electrons. The molecule has 1 amide bonds. The predicted octanol–water partition coefficient (Wildman–Crippen LogP) is 2.42. The largest absolute Gasteiger partial charge is 0.466 e. The number of carbonyl (C=O) groups excluding carboxylic acids is 1. The first-order valence-electron chi connectivity index (χ1n) is 9.43. The van der Waals surface area contributed by atoms with E-state index >= 15 is 0 Å². The Morgan fingerprint density at radius 3 is 2.83 bits per heavy atom. The number of nitrogens with zero attached hydrogens (tertiary/aromatic N) is 4. The number of furan rings is 1. The number of hydrogen-bond donors (Lipinski definition) is 1. The Balaban J connectivity index is 1.47. The van der Waals surface area contributed by atoms with Crippen molar-refractivity contribution < 1.29 is 13.6 Å². The van der Waals surface area contributed by atoms with Crippen molar-refractivity contribution in [3.8, 4) is 0 Å². The topological polar surface area (TPSA) is 95.0 Å². The van der Waals surface area contributed by atoms with Crippen LogP contribution in [0.25, 0.3) is 11.0 Å². The van der Waals surface area contributed by atoms with Gasteiger partial charge in [-0.2, -0.15) is 5.10 Å². The number of aryl methyl sites for hydroxylation is 2. The normalized spacial score (nSPS) is 11.2. The summed E-state index contributed by atoms with van der Waals surface area (Å²) in [5.74, 6) is 0.654. The van der Waals surface area contributed by atoms with Crippen LogP contribution in [0.3, 0.4) is 0 Å². The average molecular weight is 409 g/mol. The molecule has 1 aromatic carbocycles. The first-order chi connectivity index (χ1) is 14.4. The summed E-state index contributed by atoms with van der Waals surface area (Å²) in [6.45, 7) is 4.40. The number of rotatable bonds is 6. The molecule has 0 aliphatic rings. The highest BCUT2D eigenvalue weighted by Crippen LogP contribution is 2.13. The number of hydrogen-bond acceptors (Lipinski definition) is 5. The lowest BCUT2D eigenvalue weighted by Gasteiger charge is -2.07. The number of nitrogens with one attached hydrogen (secondary N) is 1. The van der Waals surface area contributed by atoms with Crippen molar-refractivity contribution in [3.63, 3.8) is 0 Å². The molecular weight excluding hydrogens is 389 g/mol. The zero-order chi connectivity index (χ0) is 21.3. The molecule has 3 aromatic heterocycles. The summed E-state index contributed by atoms with van der Waals surface area (Å²) in [7, 11) is 0. The Kier molecular flexibility index (Phi) is 5.18. The Morgan fingerprint density at radius 1 is 1.27 bits per heavy atom. The van der Waals surface area contributed by atoms with Crippen LogP contribution in [-0.2, 0) is 13.1 Å². The van der Waals surface area contributed by atoms with Gasteiger partial charge in [-0.3, -0.25) is 14.2 Å². The third kappa shape index (κ3) is 3.86. The van der Waals surface area contributed by atoms with Gasteiger partial charge in [0.2, 0.25) is 0 Å². The van der Waals surface area contributed by atoms with E-state index < -0.39 is 0 Å². The lowest BCUT2D eigenvalue weighted by atomic mass is 10.2. The van der Waals surface area contributed by atoms with Crippen LogP contribution in [0, 0.1) is 19.7 Å². The summed E-state index contributed by atoms with van der Waals surface area (Å²) in [4.78, 5) is 29.3. The fraction of sp³-hybridized carbons (Fsp3) is 0.238. The monoisotopic (exact) mass is 409 g/mol. The summed E-state index contributed by atoms with van der Waals surface area (Å²) in [6, 6.07) is 7.77. The minimum absolute atomic E-state index is 0.213. The molecule has 3 heterocycles. The van der Waals surface area contributed by atoms with Crippen LogP contribution in [0.2, 0.25) is 0 Å². The molecule has 4 rings (SSSR count). The van der Waals surface area contributed by atoms with Crippen LogP contribution in [0.1, 0.15) is 27.4 Å². The van der Waals surface area contributed by atoms with Crippen LogP contribution in [0.4, 0.5) is 4.39 Å². The molecule has 8 nitrogen and oxygen atoms in total. The Morgan fingerprint density at radius 2 is 2.10 bits per heavy atom. The standard InChI is InChI=1S/C21H20FN5O3/c1-13-8-17(14(2)30-13)20(28)23-6-7-27-19-18(10-25-27)21(29)26(12-24-19)11-15-4-3-5-16(22)9-15/h3-5,8-10,12H,6-7,11H2,1-2H3,(H,23,28). The molecular formula is C21H20FN5O3. The molecule has 0 fully saturated rings. The molecule has 0 bridgehead atoms. The van der Waals surface area contributed by atoms with Crippen molar-refractivity contribution in [2.75, 3.05) is 6.54 Å². The molecule has 0 unspecified atom stereocenters. The second-order valence-electron chi connectivity index (χ2n) is 7.00.